The molecule has 2 fully saturated rings. The van der Waals surface area contributed by atoms with Crippen LogP contribution in [0.2, 0.25) is 5.02 Å². The number of halogens is 1. The van der Waals surface area contributed by atoms with Gasteiger partial charge in [0.25, 0.3) is 5.91 Å². The standard InChI is InChI=1S/C31H42ClN7O2S.C29H42N4O4S/c1-4-5-6-7-8-9-10-11-15-28(40)39-18-16-38(17-19-39)27-20-26(34-23(3)35-27)36-31-33-21-25(42-31)30(41)37-29-22(2)13-12-14-24(29)32;1-6-7-8-9-10-24(35)32-26(29(3,4)5)28(37)33-17-22(34)15-23(33)27(36)30-16-20-11-13-21(14-12-20)25-19(2)31-18-38-25/h12-14,20-21H,4-11,15-19H2,1-3H3,(H,37,41)(H,33,34,35,36);11-14,18,22-23,26,34H,6-10,15-17H2,1-5H3,(H,30,36)(H,32,35)/t;22-,23+,26-/m.1/s1. The lowest BCUT2D eigenvalue weighted by molar-refractivity contribution is -0.144. The molecule has 0 spiro atoms. The van der Waals surface area contributed by atoms with Crippen LogP contribution in [0.4, 0.5) is 22.5 Å². The van der Waals surface area contributed by atoms with E-state index < -0.39 is 23.6 Å². The molecule has 7 rings (SSSR count). The zero-order valence-corrected chi connectivity index (χ0v) is 50.6. The minimum Gasteiger partial charge on any atom is -0.391 e. The number of aliphatic hydroxyl groups is 1. The minimum absolute atomic E-state index is 0.0682. The van der Waals surface area contributed by atoms with E-state index >= 15 is 0 Å². The summed E-state index contributed by atoms with van der Waals surface area (Å²) in [5.74, 6) is 1.23. The number of para-hydroxylation sites is 1. The second-order valence-electron chi connectivity index (χ2n) is 22.0. The van der Waals surface area contributed by atoms with Gasteiger partial charge >= 0.3 is 0 Å². The molecule has 17 nitrogen and oxygen atoms in total. The smallest absolute Gasteiger partial charge is 0.267 e. The van der Waals surface area contributed by atoms with Crippen molar-refractivity contribution in [3.63, 3.8) is 0 Å². The number of amides is 5. The van der Waals surface area contributed by atoms with Gasteiger partial charge in [-0.1, -0.05) is 158 Å². The Hall–Kier alpha value is -6.02. The molecule has 5 heterocycles. The molecule has 20 heteroatoms. The number of aromatic nitrogens is 4. The van der Waals surface area contributed by atoms with Crippen molar-refractivity contribution in [1.82, 2.24) is 40.4 Å². The highest BCUT2D eigenvalue weighted by Gasteiger charge is 2.44. The maximum atomic E-state index is 13.6. The van der Waals surface area contributed by atoms with Crippen molar-refractivity contribution >= 4 is 86.3 Å². The summed E-state index contributed by atoms with van der Waals surface area (Å²) in [6.07, 6.45) is 15.7. The Morgan fingerprint density at radius 3 is 2.14 bits per heavy atom. The lowest BCUT2D eigenvalue weighted by Gasteiger charge is -2.35. The van der Waals surface area contributed by atoms with Crippen molar-refractivity contribution in [1.29, 1.82) is 0 Å². The van der Waals surface area contributed by atoms with Gasteiger partial charge in [-0.3, -0.25) is 24.0 Å². The first kappa shape index (κ1) is 63.2. The summed E-state index contributed by atoms with van der Waals surface area (Å²) in [5, 5.41) is 23.4. The van der Waals surface area contributed by atoms with Gasteiger partial charge in [0.2, 0.25) is 23.6 Å². The fraction of sp³-hybridized carbons (Fsp3) is 0.550. The predicted molar refractivity (Wildman–Crippen MR) is 323 cm³/mol. The molecule has 5 N–H and O–H groups in total. The van der Waals surface area contributed by atoms with Gasteiger partial charge in [0, 0.05) is 64.6 Å². The number of unbranched alkanes of at least 4 members (excludes halogenated alkanes) is 10. The molecule has 5 aromatic rings. The summed E-state index contributed by atoms with van der Waals surface area (Å²) in [5.41, 5.74) is 5.75. The van der Waals surface area contributed by atoms with E-state index in [2.05, 4.69) is 60.0 Å². The molecule has 0 bridgehead atoms. The lowest BCUT2D eigenvalue weighted by atomic mass is 9.85. The number of nitrogens with one attached hydrogen (secondary N) is 4. The average molecular weight is 1150 g/mol. The van der Waals surface area contributed by atoms with E-state index in [4.69, 9.17) is 11.6 Å². The number of nitrogens with zero attached hydrogens (tertiary/aromatic N) is 7. The molecule has 5 amide bonds. The monoisotopic (exact) mass is 1150 g/mol. The fourth-order valence-electron chi connectivity index (χ4n) is 9.77. The number of likely N-dealkylation sites (tertiary alicyclic amines) is 1. The molecule has 0 saturated carbocycles. The highest BCUT2D eigenvalue weighted by Crippen LogP contribution is 2.31. The molecule has 80 heavy (non-hydrogen) atoms. The van der Waals surface area contributed by atoms with Crippen LogP contribution < -0.4 is 26.2 Å². The zero-order chi connectivity index (χ0) is 57.8. The van der Waals surface area contributed by atoms with Gasteiger partial charge in [-0.2, -0.15) is 0 Å². The molecule has 0 radical (unpaired) electrons. The molecule has 2 aliphatic heterocycles. The molecule has 2 aliphatic rings. The number of benzene rings is 2. The number of carbonyl (C=O) groups is 5. The van der Waals surface area contributed by atoms with E-state index in [1.54, 1.807) is 17.4 Å². The highest BCUT2D eigenvalue weighted by atomic mass is 35.5. The fourth-order valence-corrected chi connectivity index (χ4v) is 11.6. The van der Waals surface area contributed by atoms with E-state index in [1.165, 1.54) is 61.0 Å². The summed E-state index contributed by atoms with van der Waals surface area (Å²) in [4.78, 5) is 90.0. The van der Waals surface area contributed by atoms with Crippen molar-refractivity contribution < 1.29 is 29.1 Å². The second-order valence-corrected chi connectivity index (χ2v) is 24.3. The molecule has 434 valence electrons. The van der Waals surface area contributed by atoms with Crippen molar-refractivity contribution in [2.75, 3.05) is 48.3 Å². The summed E-state index contributed by atoms with van der Waals surface area (Å²) in [6, 6.07) is 13.7. The number of rotatable bonds is 25. The first-order valence-corrected chi connectivity index (χ1v) is 30.6. The van der Waals surface area contributed by atoms with E-state index in [0.29, 0.717) is 64.8 Å². The first-order valence-electron chi connectivity index (χ1n) is 28.6. The number of piperazine rings is 1. The van der Waals surface area contributed by atoms with Gasteiger partial charge in [0.05, 0.1) is 39.1 Å². The predicted octanol–water partition coefficient (Wildman–Crippen LogP) is 11.6. The van der Waals surface area contributed by atoms with Crippen LogP contribution in [0.1, 0.15) is 163 Å². The molecule has 0 aliphatic carbocycles. The largest absolute Gasteiger partial charge is 0.391 e. The number of anilines is 4. The Balaban J connectivity index is 0.000000259. The topological polar surface area (TPSA) is 215 Å². The highest BCUT2D eigenvalue weighted by molar-refractivity contribution is 7.17. The normalized spacial score (nSPS) is 15.7. The Labute approximate surface area is 486 Å². The molecule has 2 aromatic carbocycles. The molecule has 3 atom stereocenters. The van der Waals surface area contributed by atoms with Crippen LogP contribution in [0.3, 0.4) is 0 Å². The number of hydrogen-bond acceptors (Lipinski definition) is 14. The van der Waals surface area contributed by atoms with Crippen LogP contribution in [0.25, 0.3) is 10.4 Å². The Morgan fingerprint density at radius 1 is 0.825 bits per heavy atom. The third kappa shape index (κ3) is 19.0. The summed E-state index contributed by atoms with van der Waals surface area (Å²) in [6.45, 7) is 19.0. The van der Waals surface area contributed by atoms with E-state index in [0.717, 1.165) is 84.7 Å². The van der Waals surface area contributed by atoms with Gasteiger partial charge in [0.15, 0.2) is 5.13 Å². The zero-order valence-electron chi connectivity index (χ0n) is 48.2. The van der Waals surface area contributed by atoms with Crippen LogP contribution in [-0.4, -0.2) is 115 Å². The summed E-state index contributed by atoms with van der Waals surface area (Å²) < 4.78 is 0. The maximum absolute atomic E-state index is 13.6. The third-order valence-corrected chi connectivity index (χ3v) is 16.6. The van der Waals surface area contributed by atoms with E-state index in [1.807, 2.05) is 94.4 Å². The van der Waals surface area contributed by atoms with Crippen LogP contribution in [-0.2, 0) is 25.7 Å². The van der Waals surface area contributed by atoms with Gasteiger partial charge in [-0.25, -0.2) is 19.9 Å². The Morgan fingerprint density at radius 2 is 1.49 bits per heavy atom. The third-order valence-electron chi connectivity index (χ3n) is 14.4. The van der Waals surface area contributed by atoms with E-state index in [-0.39, 0.29) is 42.5 Å². The van der Waals surface area contributed by atoms with Gasteiger partial charge < -0.3 is 41.1 Å². The number of thiazole rings is 2. The number of aliphatic hydroxyl groups excluding tert-OH is 1. The summed E-state index contributed by atoms with van der Waals surface area (Å²) in [7, 11) is 0. The quantitative estimate of drug-likeness (QED) is 0.0345. The Bertz CT molecular complexity index is 2790. The SMILES string of the molecule is CCCCCCC(=O)N[C@H](C(=O)N1C[C@H](O)C[C@H]1C(=O)NCc1ccc(-c2scnc2C)cc1)C(C)(C)C.CCCCCCCCCCC(=O)N1CCN(c2cc(Nc3ncc(C(=O)Nc4c(C)cccc4Cl)s3)nc(C)n2)CC1. The van der Waals surface area contributed by atoms with Crippen LogP contribution >= 0.6 is 34.3 Å². The molecule has 3 aromatic heterocycles. The van der Waals surface area contributed by atoms with Crippen LogP contribution in [0.15, 0.2) is 60.2 Å². The molecule has 0 unspecified atom stereocenters. The van der Waals surface area contributed by atoms with E-state index in [9.17, 15) is 29.1 Å². The van der Waals surface area contributed by atoms with Crippen molar-refractivity contribution in [2.24, 2.45) is 5.41 Å². The number of β-amino-alcohol motifs (C(OH)–C–C–N with tert-alkyl or cyclic N) is 1. The van der Waals surface area contributed by atoms with Crippen molar-refractivity contribution in [2.45, 2.75) is 176 Å². The minimum atomic E-state index is -0.790. The Kier molecular flexibility index (Phi) is 24.7. The van der Waals surface area contributed by atoms with Gasteiger partial charge in [-0.15, -0.1) is 11.3 Å². The molecular weight excluding hydrogens is 1070 g/mol. The van der Waals surface area contributed by atoms with Crippen molar-refractivity contribution in [3.8, 4) is 10.4 Å². The number of aryl methyl sites for hydroxylation is 3. The second kappa shape index (κ2) is 31.3. The maximum Gasteiger partial charge on any atom is 0.267 e. The average Bonchev–Trinajstić information content (AvgIpc) is 4.20. The van der Waals surface area contributed by atoms with Crippen molar-refractivity contribution in [3.05, 3.63) is 92.8 Å². The number of carbonyl (C=O) groups excluding carboxylic acids is 5. The van der Waals surface area contributed by atoms with Crippen LogP contribution in [0.5, 0.6) is 0 Å². The summed E-state index contributed by atoms with van der Waals surface area (Å²) >= 11 is 9.09. The lowest BCUT2D eigenvalue weighted by Crippen LogP contribution is -2.57. The van der Waals surface area contributed by atoms with Gasteiger partial charge in [0.1, 0.15) is 34.4 Å². The first-order chi connectivity index (χ1) is 38.3. The molecule has 2 saturated heterocycles. The van der Waals surface area contributed by atoms with Gasteiger partial charge in [-0.05, 0) is 61.8 Å². The number of hydrogen-bond donors (Lipinski definition) is 5. The van der Waals surface area contributed by atoms with Crippen LogP contribution in [0, 0.1) is 26.2 Å². The molecular formula is C60H84ClN11O6S2.